The monoisotopic (exact) mass is 540 g/mol. The number of nitrogens with one attached hydrogen (secondary N) is 1. The molecular weight excluding hydrogens is 508 g/mol. The summed E-state index contributed by atoms with van der Waals surface area (Å²) >= 11 is 0. The van der Waals surface area contributed by atoms with E-state index in [4.69, 9.17) is 18.9 Å². The van der Waals surface area contributed by atoms with Crippen molar-refractivity contribution >= 4 is 6.08 Å². The van der Waals surface area contributed by atoms with E-state index < -0.39 is 23.1 Å². The van der Waals surface area contributed by atoms with Crippen molar-refractivity contribution in [2.75, 3.05) is 20.8 Å². The maximum atomic E-state index is 12.5. The van der Waals surface area contributed by atoms with Gasteiger partial charge in [0.05, 0.1) is 32.5 Å². The van der Waals surface area contributed by atoms with Gasteiger partial charge >= 0.3 is 5.69 Å². The van der Waals surface area contributed by atoms with Gasteiger partial charge in [0, 0.05) is 6.20 Å². The van der Waals surface area contributed by atoms with Crippen molar-refractivity contribution in [2.24, 2.45) is 0 Å². The van der Waals surface area contributed by atoms with Crippen LogP contribution in [0.4, 0.5) is 0 Å². The van der Waals surface area contributed by atoms with Gasteiger partial charge < -0.3 is 18.9 Å². The number of nitrogens with zero attached hydrogens (tertiary/aromatic N) is 1. The summed E-state index contributed by atoms with van der Waals surface area (Å²) in [4.78, 5) is 26.8. The maximum absolute atomic E-state index is 12.5. The van der Waals surface area contributed by atoms with Crippen LogP contribution in [0.2, 0.25) is 0 Å². The fraction of sp³-hybridized carbons (Fsp3) is 0.250. The molecule has 0 bridgehead atoms. The molecule has 1 fully saturated rings. The zero-order chi connectivity index (χ0) is 28.1. The average molecular weight is 541 g/mol. The first-order valence-electron chi connectivity index (χ1n) is 13.1. The minimum absolute atomic E-state index is 0.260. The minimum Gasteiger partial charge on any atom is -0.497 e. The van der Waals surface area contributed by atoms with Crippen molar-refractivity contribution in [1.29, 1.82) is 0 Å². The average Bonchev–Trinajstić information content (AvgIpc) is 3.47. The molecule has 1 saturated heterocycles. The molecule has 8 nitrogen and oxygen atoms in total. The van der Waals surface area contributed by atoms with Crippen LogP contribution in [0.3, 0.4) is 0 Å². The van der Waals surface area contributed by atoms with E-state index in [2.05, 4.69) is 11.6 Å². The Balaban J connectivity index is 1.51. The second-order valence-corrected chi connectivity index (χ2v) is 9.56. The summed E-state index contributed by atoms with van der Waals surface area (Å²) in [6.07, 6.45) is 3.38. The van der Waals surface area contributed by atoms with Gasteiger partial charge in [-0.15, -0.1) is 0 Å². The number of hydrogen-bond donors (Lipinski definition) is 1. The van der Waals surface area contributed by atoms with Crippen molar-refractivity contribution in [1.82, 2.24) is 9.55 Å². The number of ether oxygens (including phenoxy) is 4. The molecule has 3 aromatic carbocycles. The van der Waals surface area contributed by atoms with Crippen molar-refractivity contribution in [3.63, 3.8) is 0 Å². The lowest BCUT2D eigenvalue weighted by molar-refractivity contribution is -0.0774. The highest BCUT2D eigenvalue weighted by Crippen LogP contribution is 2.42. The van der Waals surface area contributed by atoms with Gasteiger partial charge in [0.1, 0.15) is 23.3 Å². The minimum atomic E-state index is -0.966. The highest BCUT2D eigenvalue weighted by molar-refractivity contribution is 5.49. The Hall–Kier alpha value is -4.40. The first-order valence-corrected chi connectivity index (χ1v) is 13.1. The number of hydrogen-bond acceptors (Lipinski definition) is 6. The zero-order valence-corrected chi connectivity index (χ0v) is 22.5. The summed E-state index contributed by atoms with van der Waals surface area (Å²) in [5, 5.41) is 0. The fourth-order valence-corrected chi connectivity index (χ4v) is 5.17. The van der Waals surface area contributed by atoms with E-state index >= 15 is 0 Å². The van der Waals surface area contributed by atoms with E-state index in [0.717, 1.165) is 28.2 Å². The second-order valence-electron chi connectivity index (χ2n) is 9.56. The van der Waals surface area contributed by atoms with E-state index in [1.807, 2.05) is 78.9 Å². The number of aromatic nitrogens is 2. The normalized spacial score (nSPS) is 16.9. The summed E-state index contributed by atoms with van der Waals surface area (Å²) in [5.74, 6) is 1.49. The van der Waals surface area contributed by atoms with E-state index in [9.17, 15) is 9.59 Å². The Bertz CT molecular complexity index is 1510. The van der Waals surface area contributed by atoms with Crippen LogP contribution in [0, 0.1) is 0 Å². The highest BCUT2D eigenvalue weighted by Gasteiger charge is 2.39. The summed E-state index contributed by atoms with van der Waals surface area (Å²) < 4.78 is 25.5. The second kappa shape index (κ2) is 11.8. The van der Waals surface area contributed by atoms with Gasteiger partial charge in [0.25, 0.3) is 5.56 Å². The summed E-state index contributed by atoms with van der Waals surface area (Å²) in [6, 6.07) is 25.7. The summed E-state index contributed by atoms with van der Waals surface area (Å²) in [5.41, 5.74) is 1.15. The van der Waals surface area contributed by atoms with Crippen molar-refractivity contribution in [2.45, 2.75) is 30.8 Å². The molecule has 0 saturated carbocycles. The van der Waals surface area contributed by atoms with Gasteiger partial charge in [-0.05, 0) is 53.8 Å². The Labute approximate surface area is 232 Å². The number of benzene rings is 3. The molecule has 0 spiro atoms. The lowest BCUT2D eigenvalue weighted by Gasteiger charge is -2.37. The standard InChI is InChI=1S/C32H32N2O6/c1-4-22-20-34(31(36)33-30(22)35)29-19-18-28(40-29)21-39-32(23-8-6-5-7-9-23,24-10-14-26(37-2)15-11-24)25-12-16-27(38-3)17-13-25/h4-17,20,28-29H,1,18-19,21H2,2-3H3,(H,33,35,36). The van der Waals surface area contributed by atoms with Gasteiger partial charge in [-0.25, -0.2) is 4.79 Å². The van der Waals surface area contributed by atoms with Gasteiger partial charge in [-0.2, -0.15) is 0 Å². The third kappa shape index (κ3) is 5.23. The van der Waals surface area contributed by atoms with Crippen molar-refractivity contribution in [3.05, 3.63) is 135 Å². The topological polar surface area (TPSA) is 91.8 Å². The number of H-pyrrole nitrogens is 1. The molecule has 4 aromatic rings. The molecule has 5 rings (SSSR count). The Kier molecular flexibility index (Phi) is 8.00. The molecule has 1 aliphatic rings. The van der Waals surface area contributed by atoms with Gasteiger partial charge in [-0.3, -0.25) is 14.3 Å². The number of methoxy groups -OCH3 is 2. The molecule has 1 aliphatic heterocycles. The van der Waals surface area contributed by atoms with E-state index in [-0.39, 0.29) is 12.7 Å². The largest absolute Gasteiger partial charge is 0.497 e. The lowest BCUT2D eigenvalue weighted by Crippen LogP contribution is -2.36. The molecular formula is C32H32N2O6. The van der Waals surface area contributed by atoms with Crippen LogP contribution in [0.5, 0.6) is 11.5 Å². The first-order chi connectivity index (χ1) is 19.5. The van der Waals surface area contributed by atoms with Gasteiger partial charge in [0.15, 0.2) is 0 Å². The van der Waals surface area contributed by atoms with Crippen LogP contribution >= 0.6 is 0 Å². The van der Waals surface area contributed by atoms with E-state index in [0.29, 0.717) is 18.4 Å². The molecule has 1 aromatic heterocycles. The third-order valence-corrected chi connectivity index (χ3v) is 7.27. The fourth-order valence-electron chi connectivity index (χ4n) is 5.17. The highest BCUT2D eigenvalue weighted by atomic mass is 16.6. The van der Waals surface area contributed by atoms with Crippen LogP contribution in [0.25, 0.3) is 6.08 Å². The van der Waals surface area contributed by atoms with Crippen LogP contribution in [-0.2, 0) is 15.1 Å². The molecule has 2 heterocycles. The first kappa shape index (κ1) is 27.2. The molecule has 0 amide bonds. The molecule has 2 unspecified atom stereocenters. The predicted molar refractivity (Wildman–Crippen MR) is 153 cm³/mol. The smallest absolute Gasteiger partial charge is 0.330 e. The SMILES string of the molecule is C=Cc1cn(C2CCC(COC(c3ccccc3)(c3ccc(OC)cc3)c3ccc(OC)cc3)O2)c(=O)[nH]c1=O. The molecule has 8 heteroatoms. The molecule has 0 radical (unpaired) electrons. The molecule has 206 valence electrons. The maximum Gasteiger partial charge on any atom is 0.330 e. The summed E-state index contributed by atoms with van der Waals surface area (Å²) in [7, 11) is 3.28. The molecule has 2 atom stereocenters. The molecule has 1 N–H and O–H groups in total. The zero-order valence-electron chi connectivity index (χ0n) is 22.5. The quantitative estimate of drug-likeness (QED) is 0.288. The third-order valence-electron chi connectivity index (χ3n) is 7.27. The lowest BCUT2D eigenvalue weighted by atomic mass is 9.80. The van der Waals surface area contributed by atoms with Crippen molar-refractivity contribution < 1.29 is 18.9 Å². The summed E-state index contributed by atoms with van der Waals surface area (Å²) in [6.45, 7) is 3.92. The number of aromatic amines is 1. The van der Waals surface area contributed by atoms with Crippen LogP contribution in [0.1, 0.15) is 41.3 Å². The predicted octanol–water partition coefficient (Wildman–Crippen LogP) is 4.88. The molecule has 40 heavy (non-hydrogen) atoms. The van der Waals surface area contributed by atoms with Gasteiger partial charge in [-0.1, -0.05) is 67.3 Å². The van der Waals surface area contributed by atoms with Crippen LogP contribution < -0.4 is 20.7 Å². The Morgan fingerprint density at radius 3 is 2.02 bits per heavy atom. The number of rotatable bonds is 10. The van der Waals surface area contributed by atoms with E-state index in [1.54, 1.807) is 14.2 Å². The van der Waals surface area contributed by atoms with E-state index in [1.165, 1.54) is 16.8 Å². The Morgan fingerprint density at radius 2 is 1.48 bits per heavy atom. The Morgan fingerprint density at radius 1 is 0.900 bits per heavy atom. The van der Waals surface area contributed by atoms with Crippen LogP contribution in [0.15, 0.2) is 101 Å². The van der Waals surface area contributed by atoms with Gasteiger partial charge in [0.2, 0.25) is 0 Å². The van der Waals surface area contributed by atoms with Crippen LogP contribution in [-0.4, -0.2) is 36.5 Å². The molecule has 0 aliphatic carbocycles. The van der Waals surface area contributed by atoms with Crippen molar-refractivity contribution in [3.8, 4) is 11.5 Å².